The van der Waals surface area contributed by atoms with Crippen molar-refractivity contribution >= 4 is 34.7 Å². The van der Waals surface area contributed by atoms with Crippen LogP contribution in [0.5, 0.6) is 0 Å². The van der Waals surface area contributed by atoms with Gasteiger partial charge < -0.3 is 20.7 Å². The minimum atomic E-state index is -0.615. The van der Waals surface area contributed by atoms with Crippen molar-refractivity contribution in [1.29, 1.82) is 0 Å². The number of likely N-dealkylation sites (tertiary alicyclic amines) is 1. The van der Waals surface area contributed by atoms with E-state index in [1.165, 1.54) is 10.9 Å². The number of hydrogen-bond donors (Lipinski definition) is 2. The van der Waals surface area contributed by atoms with Crippen LogP contribution in [-0.2, 0) is 4.74 Å². The quantitative estimate of drug-likeness (QED) is 0.424. The predicted molar refractivity (Wildman–Crippen MR) is 143 cm³/mol. The molecule has 0 bridgehead atoms. The fraction of sp³-hybridized carbons (Fsp3) is 0.296. The van der Waals surface area contributed by atoms with Gasteiger partial charge in [0, 0.05) is 24.3 Å². The summed E-state index contributed by atoms with van der Waals surface area (Å²) in [5.41, 5.74) is 7.69. The zero-order valence-corrected chi connectivity index (χ0v) is 21.4. The van der Waals surface area contributed by atoms with Crippen LogP contribution < -0.4 is 16.7 Å². The average Bonchev–Trinajstić information content (AvgIpc) is 3.47. The standard InChI is InChI=1S/C27H29N7O4/c1-27(2,3)38-26(37)32-14-13-20(15-32)34-23-21(22(28)29-16-30-23)33(25(34)36)19-11-9-18(10-12-19)31-24(35)17-7-5-4-6-8-17/h4-12,16,20H,13-15H2,1-3H3,(H,31,35)(H2,28,29,30). The number of fused-ring (bicyclic) bond motifs is 1. The Morgan fingerprint density at radius 1 is 1.05 bits per heavy atom. The van der Waals surface area contributed by atoms with Gasteiger partial charge in [-0.15, -0.1) is 0 Å². The Morgan fingerprint density at radius 2 is 1.76 bits per heavy atom. The van der Waals surface area contributed by atoms with Gasteiger partial charge in [0.05, 0.1) is 11.7 Å². The first-order valence-electron chi connectivity index (χ1n) is 12.3. The summed E-state index contributed by atoms with van der Waals surface area (Å²) in [6.07, 6.45) is 1.46. The van der Waals surface area contributed by atoms with Gasteiger partial charge in [-0.25, -0.2) is 19.6 Å². The van der Waals surface area contributed by atoms with Crippen LogP contribution in [0.2, 0.25) is 0 Å². The second-order valence-electron chi connectivity index (χ2n) is 10.2. The highest BCUT2D eigenvalue weighted by Gasteiger charge is 2.34. The maximum absolute atomic E-state index is 13.8. The molecule has 3 heterocycles. The summed E-state index contributed by atoms with van der Waals surface area (Å²) < 4.78 is 8.54. The summed E-state index contributed by atoms with van der Waals surface area (Å²) in [6.45, 7) is 6.20. The van der Waals surface area contributed by atoms with Crippen LogP contribution in [0.25, 0.3) is 16.9 Å². The number of nitrogens with one attached hydrogen (secondary N) is 1. The number of nitrogen functional groups attached to an aromatic ring is 1. The molecule has 1 unspecified atom stereocenters. The second-order valence-corrected chi connectivity index (χ2v) is 10.2. The van der Waals surface area contributed by atoms with Crippen molar-refractivity contribution in [2.24, 2.45) is 0 Å². The summed E-state index contributed by atoms with van der Waals surface area (Å²) >= 11 is 0. The summed E-state index contributed by atoms with van der Waals surface area (Å²) in [6, 6.07) is 15.5. The lowest BCUT2D eigenvalue weighted by Crippen LogP contribution is -2.36. The van der Waals surface area contributed by atoms with Gasteiger partial charge in [0.1, 0.15) is 17.4 Å². The number of carbonyl (C=O) groups excluding carboxylic acids is 2. The van der Waals surface area contributed by atoms with Crippen LogP contribution in [0.3, 0.4) is 0 Å². The summed E-state index contributed by atoms with van der Waals surface area (Å²) in [5, 5.41) is 2.85. The van der Waals surface area contributed by atoms with Gasteiger partial charge in [0.2, 0.25) is 0 Å². The van der Waals surface area contributed by atoms with Crippen molar-refractivity contribution in [1.82, 2.24) is 24.0 Å². The van der Waals surface area contributed by atoms with E-state index in [1.807, 2.05) is 26.8 Å². The van der Waals surface area contributed by atoms with Crippen molar-refractivity contribution in [2.75, 3.05) is 24.1 Å². The van der Waals surface area contributed by atoms with E-state index in [4.69, 9.17) is 10.5 Å². The molecule has 1 fully saturated rings. The number of benzene rings is 2. The number of amides is 2. The predicted octanol–water partition coefficient (Wildman–Crippen LogP) is 3.60. The van der Waals surface area contributed by atoms with E-state index in [9.17, 15) is 14.4 Å². The van der Waals surface area contributed by atoms with E-state index < -0.39 is 11.7 Å². The molecule has 1 aliphatic heterocycles. The maximum Gasteiger partial charge on any atom is 0.410 e. The molecule has 5 rings (SSSR count). The number of nitrogens with zero attached hydrogens (tertiary/aromatic N) is 5. The molecule has 38 heavy (non-hydrogen) atoms. The number of anilines is 2. The molecule has 11 nitrogen and oxygen atoms in total. The number of nitrogens with two attached hydrogens (primary N) is 1. The largest absolute Gasteiger partial charge is 0.444 e. The molecule has 1 saturated heterocycles. The third-order valence-corrected chi connectivity index (χ3v) is 6.28. The first kappa shape index (κ1) is 25.0. The summed E-state index contributed by atoms with van der Waals surface area (Å²) in [5.74, 6) is -0.0742. The first-order chi connectivity index (χ1) is 18.1. The third kappa shape index (κ3) is 4.82. The number of hydrogen-bond acceptors (Lipinski definition) is 7. The molecular formula is C27H29N7O4. The topological polar surface area (TPSA) is 137 Å². The Morgan fingerprint density at radius 3 is 2.45 bits per heavy atom. The van der Waals surface area contributed by atoms with Gasteiger partial charge in [0.25, 0.3) is 5.91 Å². The van der Waals surface area contributed by atoms with Crippen LogP contribution >= 0.6 is 0 Å². The van der Waals surface area contributed by atoms with Gasteiger partial charge in [-0.05, 0) is 63.6 Å². The van der Waals surface area contributed by atoms with Crippen LogP contribution in [-0.4, -0.2) is 54.7 Å². The first-order valence-corrected chi connectivity index (χ1v) is 12.3. The fourth-order valence-corrected chi connectivity index (χ4v) is 4.57. The third-order valence-electron chi connectivity index (χ3n) is 6.28. The Kier molecular flexibility index (Phi) is 6.35. The molecule has 0 radical (unpaired) electrons. The molecule has 2 aromatic heterocycles. The van der Waals surface area contributed by atoms with E-state index in [2.05, 4.69) is 15.3 Å². The van der Waals surface area contributed by atoms with E-state index in [-0.39, 0.29) is 23.5 Å². The number of aromatic nitrogens is 4. The molecule has 196 valence electrons. The van der Waals surface area contributed by atoms with Crippen molar-refractivity contribution in [3.8, 4) is 5.69 Å². The molecular weight excluding hydrogens is 486 g/mol. The molecule has 2 aromatic carbocycles. The summed E-state index contributed by atoms with van der Waals surface area (Å²) in [4.78, 5) is 49.0. The van der Waals surface area contributed by atoms with E-state index in [1.54, 1.807) is 58.0 Å². The highest BCUT2D eigenvalue weighted by atomic mass is 16.6. The van der Waals surface area contributed by atoms with E-state index >= 15 is 0 Å². The van der Waals surface area contributed by atoms with Crippen molar-refractivity contribution in [3.63, 3.8) is 0 Å². The lowest BCUT2D eigenvalue weighted by atomic mass is 10.2. The van der Waals surface area contributed by atoms with E-state index in [0.29, 0.717) is 47.6 Å². The average molecular weight is 516 g/mol. The van der Waals surface area contributed by atoms with Crippen LogP contribution in [0, 0.1) is 0 Å². The number of ether oxygens (including phenoxy) is 1. The Hall–Kier alpha value is -4.67. The normalized spacial score (nSPS) is 15.6. The fourth-order valence-electron chi connectivity index (χ4n) is 4.57. The molecule has 0 saturated carbocycles. The van der Waals surface area contributed by atoms with Gasteiger partial charge in [-0.3, -0.25) is 13.9 Å². The van der Waals surface area contributed by atoms with Crippen LogP contribution in [0.15, 0.2) is 65.7 Å². The van der Waals surface area contributed by atoms with Crippen LogP contribution in [0.1, 0.15) is 43.6 Å². The highest BCUT2D eigenvalue weighted by molar-refractivity contribution is 6.04. The van der Waals surface area contributed by atoms with Crippen molar-refractivity contribution < 1.29 is 14.3 Å². The molecule has 0 aliphatic carbocycles. The van der Waals surface area contributed by atoms with Gasteiger partial charge in [0.15, 0.2) is 11.5 Å². The number of rotatable bonds is 4. The SMILES string of the molecule is CC(C)(C)OC(=O)N1CCC(n2c(=O)n(-c3ccc(NC(=O)c4ccccc4)cc3)c3c(N)ncnc32)C1. The molecule has 4 aromatic rings. The van der Waals surface area contributed by atoms with Gasteiger partial charge in [-0.1, -0.05) is 18.2 Å². The summed E-state index contributed by atoms with van der Waals surface area (Å²) in [7, 11) is 0. The number of imidazole rings is 1. The van der Waals surface area contributed by atoms with Crippen LogP contribution in [0.4, 0.5) is 16.3 Å². The molecule has 11 heteroatoms. The Balaban J connectivity index is 1.46. The smallest absolute Gasteiger partial charge is 0.410 e. The van der Waals surface area contributed by atoms with Gasteiger partial charge in [-0.2, -0.15) is 0 Å². The molecule has 0 spiro atoms. The Labute approximate surface area is 218 Å². The molecule has 2 amide bonds. The van der Waals surface area contributed by atoms with Crippen molar-refractivity contribution in [3.05, 3.63) is 77.0 Å². The maximum atomic E-state index is 13.8. The minimum absolute atomic E-state index is 0.161. The lowest BCUT2D eigenvalue weighted by molar-refractivity contribution is 0.0289. The van der Waals surface area contributed by atoms with Crippen molar-refractivity contribution in [2.45, 2.75) is 38.8 Å². The molecule has 1 aliphatic rings. The Bertz CT molecular complexity index is 1550. The second kappa shape index (κ2) is 9.66. The van der Waals surface area contributed by atoms with E-state index in [0.717, 1.165) is 0 Å². The lowest BCUT2D eigenvalue weighted by Gasteiger charge is -2.24. The number of carbonyl (C=O) groups is 2. The monoisotopic (exact) mass is 515 g/mol. The zero-order chi connectivity index (χ0) is 27.0. The zero-order valence-electron chi connectivity index (χ0n) is 21.4. The molecule has 3 N–H and O–H groups in total. The molecule has 1 atom stereocenters. The highest BCUT2D eigenvalue weighted by Crippen LogP contribution is 2.28. The minimum Gasteiger partial charge on any atom is -0.444 e. The van der Waals surface area contributed by atoms with Gasteiger partial charge >= 0.3 is 11.8 Å².